The molecule has 0 saturated heterocycles. The molecule has 2 rings (SSSR count). The second kappa shape index (κ2) is 8.30. The van der Waals surface area contributed by atoms with Gasteiger partial charge in [-0.1, -0.05) is 6.92 Å². The number of aryl methyl sites for hydroxylation is 1. The van der Waals surface area contributed by atoms with Crippen LogP contribution in [0.1, 0.15) is 39.1 Å². The Morgan fingerprint density at radius 1 is 1.21 bits per heavy atom. The van der Waals surface area contributed by atoms with Crippen molar-refractivity contribution >= 4 is 34.1 Å². The van der Waals surface area contributed by atoms with E-state index in [9.17, 15) is 14.4 Å². The SMILES string of the molecule is CCCNC(=O)CNC(=O)c1sc(NC(=O)c2ccco2)cc1C. The van der Waals surface area contributed by atoms with Crippen LogP contribution in [0.25, 0.3) is 0 Å². The van der Waals surface area contributed by atoms with E-state index in [1.54, 1.807) is 25.1 Å². The van der Waals surface area contributed by atoms with Gasteiger partial charge in [-0.3, -0.25) is 14.4 Å². The summed E-state index contributed by atoms with van der Waals surface area (Å²) in [4.78, 5) is 36.1. The number of hydrogen-bond acceptors (Lipinski definition) is 5. The number of hydrogen-bond donors (Lipinski definition) is 3. The van der Waals surface area contributed by atoms with Gasteiger partial charge >= 0.3 is 0 Å². The Morgan fingerprint density at radius 3 is 2.67 bits per heavy atom. The van der Waals surface area contributed by atoms with Gasteiger partial charge in [-0.05, 0) is 37.1 Å². The van der Waals surface area contributed by atoms with Gasteiger partial charge in [0.1, 0.15) is 0 Å². The van der Waals surface area contributed by atoms with E-state index in [1.165, 1.54) is 6.26 Å². The van der Waals surface area contributed by atoms with Crippen LogP contribution in [0.4, 0.5) is 5.00 Å². The molecule has 24 heavy (non-hydrogen) atoms. The number of nitrogens with one attached hydrogen (secondary N) is 3. The van der Waals surface area contributed by atoms with Gasteiger partial charge in [-0.2, -0.15) is 0 Å². The van der Waals surface area contributed by atoms with Gasteiger partial charge in [-0.25, -0.2) is 0 Å². The maximum atomic E-state index is 12.2. The van der Waals surface area contributed by atoms with E-state index in [-0.39, 0.29) is 30.0 Å². The highest BCUT2D eigenvalue weighted by Gasteiger charge is 2.17. The van der Waals surface area contributed by atoms with Crippen LogP contribution in [0.15, 0.2) is 28.9 Å². The van der Waals surface area contributed by atoms with Crippen LogP contribution in [-0.2, 0) is 4.79 Å². The van der Waals surface area contributed by atoms with Gasteiger partial charge < -0.3 is 20.4 Å². The third-order valence-electron chi connectivity index (χ3n) is 3.09. The number of carbonyl (C=O) groups excluding carboxylic acids is 3. The van der Waals surface area contributed by atoms with E-state index in [0.29, 0.717) is 16.4 Å². The van der Waals surface area contributed by atoms with E-state index in [4.69, 9.17) is 4.42 Å². The molecule has 0 unspecified atom stereocenters. The van der Waals surface area contributed by atoms with Gasteiger partial charge in [0, 0.05) is 6.54 Å². The van der Waals surface area contributed by atoms with E-state index < -0.39 is 0 Å². The number of thiophene rings is 1. The first-order valence-corrected chi connectivity index (χ1v) is 8.33. The molecule has 7 nitrogen and oxygen atoms in total. The Labute approximate surface area is 143 Å². The molecule has 8 heteroatoms. The first-order chi connectivity index (χ1) is 11.5. The molecule has 0 radical (unpaired) electrons. The standard InChI is InChI=1S/C16H19N3O4S/c1-3-6-17-12(20)9-18-16(22)14-10(2)8-13(24-14)19-15(21)11-5-4-7-23-11/h4-5,7-8H,3,6,9H2,1-2H3,(H,17,20)(H,18,22)(H,19,21). The fourth-order valence-corrected chi connectivity index (χ4v) is 2.90. The zero-order chi connectivity index (χ0) is 17.5. The zero-order valence-electron chi connectivity index (χ0n) is 13.5. The highest BCUT2D eigenvalue weighted by atomic mass is 32.1. The van der Waals surface area contributed by atoms with Gasteiger partial charge in [0.05, 0.1) is 22.7 Å². The van der Waals surface area contributed by atoms with E-state index >= 15 is 0 Å². The van der Waals surface area contributed by atoms with Crippen LogP contribution in [0.3, 0.4) is 0 Å². The van der Waals surface area contributed by atoms with E-state index in [1.807, 2.05) is 6.92 Å². The van der Waals surface area contributed by atoms with Crippen LogP contribution in [-0.4, -0.2) is 30.8 Å². The van der Waals surface area contributed by atoms with Crippen LogP contribution >= 0.6 is 11.3 Å². The topological polar surface area (TPSA) is 100 Å². The second-order valence-electron chi connectivity index (χ2n) is 5.09. The van der Waals surface area contributed by atoms with Gasteiger partial charge in [0.2, 0.25) is 5.91 Å². The van der Waals surface area contributed by atoms with Crippen molar-refractivity contribution in [3.05, 3.63) is 40.7 Å². The highest BCUT2D eigenvalue weighted by molar-refractivity contribution is 7.18. The lowest BCUT2D eigenvalue weighted by atomic mass is 10.2. The minimum Gasteiger partial charge on any atom is -0.459 e. The Hall–Kier alpha value is -2.61. The van der Waals surface area contributed by atoms with Crippen molar-refractivity contribution < 1.29 is 18.8 Å². The average Bonchev–Trinajstić information content (AvgIpc) is 3.20. The summed E-state index contributed by atoms with van der Waals surface area (Å²) in [6.45, 7) is 4.22. The second-order valence-corrected chi connectivity index (χ2v) is 6.14. The maximum Gasteiger partial charge on any atom is 0.291 e. The monoisotopic (exact) mass is 349 g/mol. The van der Waals surface area contributed by atoms with Gasteiger partial charge in [-0.15, -0.1) is 11.3 Å². The van der Waals surface area contributed by atoms with Crippen molar-refractivity contribution in [3.63, 3.8) is 0 Å². The molecule has 0 aromatic carbocycles. The molecule has 2 heterocycles. The molecule has 2 aromatic heterocycles. The fraction of sp³-hybridized carbons (Fsp3) is 0.312. The van der Waals surface area contributed by atoms with Crippen LogP contribution in [0.5, 0.6) is 0 Å². The summed E-state index contributed by atoms with van der Waals surface area (Å²) < 4.78 is 5.02. The minimum absolute atomic E-state index is 0.0791. The summed E-state index contributed by atoms with van der Waals surface area (Å²) in [7, 11) is 0. The Kier molecular flexibility index (Phi) is 6.14. The number of amides is 3. The lowest BCUT2D eigenvalue weighted by Crippen LogP contribution is -2.37. The van der Waals surface area contributed by atoms with Crippen molar-refractivity contribution in [2.75, 3.05) is 18.4 Å². The molecule has 0 aliphatic heterocycles. The Balaban J connectivity index is 1.94. The van der Waals surface area contributed by atoms with Crippen molar-refractivity contribution in [2.45, 2.75) is 20.3 Å². The molecule has 0 spiro atoms. The highest BCUT2D eigenvalue weighted by Crippen LogP contribution is 2.27. The smallest absolute Gasteiger partial charge is 0.291 e. The molecule has 0 fully saturated rings. The molecular formula is C16H19N3O4S. The van der Waals surface area contributed by atoms with Crippen molar-refractivity contribution in [3.8, 4) is 0 Å². The third-order valence-corrected chi connectivity index (χ3v) is 4.24. The normalized spacial score (nSPS) is 10.2. The molecule has 128 valence electrons. The number of rotatable bonds is 7. The van der Waals surface area contributed by atoms with E-state index in [2.05, 4.69) is 16.0 Å². The molecule has 0 saturated carbocycles. The first-order valence-electron chi connectivity index (χ1n) is 7.51. The summed E-state index contributed by atoms with van der Waals surface area (Å²) in [6, 6.07) is 4.88. The quantitative estimate of drug-likeness (QED) is 0.713. The summed E-state index contributed by atoms with van der Waals surface area (Å²) >= 11 is 1.15. The van der Waals surface area contributed by atoms with Gasteiger partial charge in [0.15, 0.2) is 5.76 Å². The average molecular weight is 349 g/mol. The lowest BCUT2D eigenvalue weighted by Gasteiger charge is -2.05. The van der Waals surface area contributed by atoms with Crippen molar-refractivity contribution in [2.24, 2.45) is 0 Å². The summed E-state index contributed by atoms with van der Waals surface area (Å²) in [5.41, 5.74) is 0.723. The molecular weight excluding hydrogens is 330 g/mol. The number of furan rings is 1. The zero-order valence-corrected chi connectivity index (χ0v) is 14.3. The Morgan fingerprint density at radius 2 is 2.00 bits per heavy atom. The van der Waals surface area contributed by atoms with Crippen LogP contribution in [0.2, 0.25) is 0 Å². The molecule has 3 N–H and O–H groups in total. The molecule has 3 amide bonds. The summed E-state index contributed by atoms with van der Waals surface area (Å²) in [5.74, 6) is -0.764. The fourth-order valence-electron chi connectivity index (χ4n) is 1.92. The first kappa shape index (κ1) is 17.7. The van der Waals surface area contributed by atoms with Crippen LogP contribution < -0.4 is 16.0 Å². The third kappa shape index (κ3) is 4.69. The predicted octanol–water partition coefficient (Wildman–Crippen LogP) is 2.16. The van der Waals surface area contributed by atoms with Crippen LogP contribution in [0, 0.1) is 6.92 Å². The molecule has 0 bridgehead atoms. The minimum atomic E-state index is -0.382. The predicted molar refractivity (Wildman–Crippen MR) is 91.4 cm³/mol. The van der Waals surface area contributed by atoms with E-state index in [0.717, 1.165) is 23.3 Å². The Bertz CT molecular complexity index is 722. The maximum absolute atomic E-state index is 12.2. The largest absolute Gasteiger partial charge is 0.459 e. The molecule has 0 aliphatic carbocycles. The molecule has 2 aromatic rings. The molecule has 0 atom stereocenters. The number of carbonyl (C=O) groups is 3. The van der Waals surface area contributed by atoms with Crippen molar-refractivity contribution in [1.29, 1.82) is 0 Å². The van der Waals surface area contributed by atoms with Crippen molar-refractivity contribution in [1.82, 2.24) is 10.6 Å². The van der Waals surface area contributed by atoms with Gasteiger partial charge in [0.25, 0.3) is 11.8 Å². The summed E-state index contributed by atoms with van der Waals surface area (Å²) in [6.07, 6.45) is 2.25. The number of anilines is 1. The summed E-state index contributed by atoms with van der Waals surface area (Å²) in [5, 5.41) is 8.47. The lowest BCUT2D eigenvalue weighted by molar-refractivity contribution is -0.120. The molecule has 0 aliphatic rings.